The van der Waals surface area contributed by atoms with Crippen LogP contribution in [0.3, 0.4) is 0 Å². The molecule has 2 aliphatic rings. The van der Waals surface area contributed by atoms with E-state index in [1.165, 1.54) is 16.3 Å². The van der Waals surface area contributed by atoms with Gasteiger partial charge >= 0.3 is 0 Å². The van der Waals surface area contributed by atoms with Crippen LogP contribution in [0.2, 0.25) is 0 Å². The molecule has 33 heavy (non-hydrogen) atoms. The maximum Gasteiger partial charge on any atom is 0.253 e. The molecule has 1 amide bonds. The van der Waals surface area contributed by atoms with Crippen LogP contribution in [0, 0.1) is 5.92 Å². The molecular formula is C28H30N2O3. The average molecular weight is 443 g/mol. The molecule has 0 saturated carbocycles. The van der Waals surface area contributed by atoms with Crippen molar-refractivity contribution >= 4 is 22.4 Å². The molecule has 3 aromatic carbocycles. The van der Waals surface area contributed by atoms with E-state index in [9.17, 15) is 4.79 Å². The lowest BCUT2D eigenvalue weighted by Crippen LogP contribution is -2.32. The average Bonchev–Trinajstić information content (AvgIpc) is 3.35. The molecule has 0 bridgehead atoms. The molecule has 1 aliphatic carbocycles. The number of allylic oxidation sites excluding steroid dienone is 2. The standard InChI is InChI=1S/C28H30N2O3/c1-32-17-7-16-29-28(31)23-13-6-11-21-20-10-5-12-22(20)27(30-26(21)23)25-19-9-4-3-8-18(19)14-15-24(25)33-2/h3-6,8-11,13-15,20,22,27,30H,7,12,16-17H2,1-2H3,(H,29,31). The number of carbonyl (C=O) groups is 1. The lowest BCUT2D eigenvalue weighted by molar-refractivity contribution is 0.0949. The number of methoxy groups -OCH3 is 2. The first-order valence-electron chi connectivity index (χ1n) is 11.6. The van der Waals surface area contributed by atoms with E-state index in [1.807, 2.05) is 12.1 Å². The first kappa shape index (κ1) is 21.5. The van der Waals surface area contributed by atoms with Gasteiger partial charge in [-0.05, 0) is 47.2 Å². The third kappa shape index (κ3) is 3.87. The van der Waals surface area contributed by atoms with Gasteiger partial charge < -0.3 is 20.1 Å². The smallest absolute Gasteiger partial charge is 0.253 e. The van der Waals surface area contributed by atoms with Crippen LogP contribution in [0.15, 0.2) is 66.7 Å². The van der Waals surface area contributed by atoms with Crippen molar-refractivity contribution in [2.45, 2.75) is 24.8 Å². The largest absolute Gasteiger partial charge is 0.496 e. The van der Waals surface area contributed by atoms with E-state index in [1.54, 1.807) is 14.2 Å². The number of amides is 1. The second kappa shape index (κ2) is 9.28. The fourth-order valence-corrected chi connectivity index (χ4v) is 5.38. The monoisotopic (exact) mass is 442 g/mol. The molecule has 3 unspecified atom stereocenters. The minimum atomic E-state index is -0.0560. The van der Waals surface area contributed by atoms with Crippen molar-refractivity contribution in [1.82, 2.24) is 5.32 Å². The summed E-state index contributed by atoms with van der Waals surface area (Å²) in [5, 5.41) is 9.22. The van der Waals surface area contributed by atoms with Gasteiger partial charge in [-0.15, -0.1) is 0 Å². The Labute approximate surface area is 194 Å². The Hall–Kier alpha value is -3.31. The van der Waals surface area contributed by atoms with Crippen molar-refractivity contribution in [2.75, 3.05) is 32.7 Å². The first-order chi connectivity index (χ1) is 16.2. The molecule has 0 aromatic heterocycles. The van der Waals surface area contributed by atoms with Gasteiger partial charge in [0, 0.05) is 31.7 Å². The minimum absolute atomic E-state index is 0.0287. The summed E-state index contributed by atoms with van der Waals surface area (Å²) in [6.45, 7) is 1.21. The Morgan fingerprint density at radius 3 is 2.82 bits per heavy atom. The maximum absolute atomic E-state index is 13.1. The highest BCUT2D eigenvalue weighted by atomic mass is 16.5. The van der Waals surface area contributed by atoms with Crippen LogP contribution >= 0.6 is 0 Å². The highest BCUT2D eigenvalue weighted by Crippen LogP contribution is 2.53. The van der Waals surface area contributed by atoms with E-state index in [-0.39, 0.29) is 17.9 Å². The number of rotatable bonds is 7. The Morgan fingerprint density at radius 2 is 1.97 bits per heavy atom. The summed E-state index contributed by atoms with van der Waals surface area (Å²) in [5.41, 5.74) is 3.96. The fraction of sp³-hybridized carbons (Fsp3) is 0.321. The fourth-order valence-electron chi connectivity index (χ4n) is 5.38. The van der Waals surface area contributed by atoms with Crippen molar-refractivity contribution < 1.29 is 14.3 Å². The predicted molar refractivity (Wildman–Crippen MR) is 132 cm³/mol. The van der Waals surface area contributed by atoms with Gasteiger partial charge in [0.2, 0.25) is 0 Å². The van der Waals surface area contributed by atoms with E-state index < -0.39 is 0 Å². The molecule has 5 rings (SSSR count). The Kier molecular flexibility index (Phi) is 6.05. The zero-order valence-electron chi connectivity index (χ0n) is 19.1. The summed E-state index contributed by atoms with van der Waals surface area (Å²) >= 11 is 0. The number of ether oxygens (including phenoxy) is 2. The van der Waals surface area contributed by atoms with Gasteiger partial charge in [0.05, 0.1) is 24.4 Å². The van der Waals surface area contributed by atoms with E-state index in [2.05, 4.69) is 65.3 Å². The van der Waals surface area contributed by atoms with Crippen LogP contribution in [-0.2, 0) is 4.74 Å². The van der Waals surface area contributed by atoms with Gasteiger partial charge in [-0.1, -0.05) is 54.6 Å². The van der Waals surface area contributed by atoms with Crippen molar-refractivity contribution in [3.63, 3.8) is 0 Å². The minimum Gasteiger partial charge on any atom is -0.496 e. The summed E-state index contributed by atoms with van der Waals surface area (Å²) in [6.07, 6.45) is 6.35. The summed E-state index contributed by atoms with van der Waals surface area (Å²) in [5.74, 6) is 1.44. The number of hydrogen-bond donors (Lipinski definition) is 2. The Morgan fingerprint density at radius 1 is 1.09 bits per heavy atom. The van der Waals surface area contributed by atoms with E-state index >= 15 is 0 Å². The van der Waals surface area contributed by atoms with Gasteiger partial charge in [0.1, 0.15) is 5.75 Å². The molecule has 5 heteroatoms. The molecule has 5 nitrogen and oxygen atoms in total. The van der Waals surface area contributed by atoms with Crippen LogP contribution in [0.25, 0.3) is 10.8 Å². The molecule has 3 aromatic rings. The molecule has 3 atom stereocenters. The molecular weight excluding hydrogens is 412 g/mol. The number of fused-ring (bicyclic) bond motifs is 4. The van der Waals surface area contributed by atoms with Crippen molar-refractivity contribution in [2.24, 2.45) is 5.92 Å². The lowest BCUT2D eigenvalue weighted by Gasteiger charge is -2.39. The van der Waals surface area contributed by atoms with Crippen LogP contribution in [0.4, 0.5) is 5.69 Å². The molecule has 170 valence electrons. The van der Waals surface area contributed by atoms with Crippen LogP contribution in [0.5, 0.6) is 5.75 Å². The summed E-state index contributed by atoms with van der Waals surface area (Å²) < 4.78 is 10.9. The molecule has 1 heterocycles. The van der Waals surface area contributed by atoms with Crippen molar-refractivity contribution in [1.29, 1.82) is 0 Å². The van der Waals surface area contributed by atoms with Gasteiger partial charge in [0.25, 0.3) is 5.91 Å². The summed E-state index contributed by atoms with van der Waals surface area (Å²) in [4.78, 5) is 13.1. The van der Waals surface area contributed by atoms with Crippen molar-refractivity contribution in [3.8, 4) is 5.75 Å². The number of nitrogens with one attached hydrogen (secondary N) is 2. The molecule has 0 saturated heterocycles. The van der Waals surface area contributed by atoms with Gasteiger partial charge in [-0.25, -0.2) is 0 Å². The van der Waals surface area contributed by atoms with E-state index in [4.69, 9.17) is 9.47 Å². The number of anilines is 1. The molecule has 1 aliphatic heterocycles. The SMILES string of the molecule is COCCCNC(=O)c1cccc2c1NC(c1c(OC)ccc3ccccc13)C1CC=CC21. The number of benzene rings is 3. The van der Waals surface area contributed by atoms with Crippen LogP contribution in [-0.4, -0.2) is 33.3 Å². The highest BCUT2D eigenvalue weighted by molar-refractivity contribution is 6.01. The van der Waals surface area contributed by atoms with Gasteiger partial charge in [-0.2, -0.15) is 0 Å². The highest BCUT2D eigenvalue weighted by Gasteiger charge is 2.40. The summed E-state index contributed by atoms with van der Waals surface area (Å²) in [7, 11) is 3.40. The van der Waals surface area contributed by atoms with Gasteiger partial charge in [-0.3, -0.25) is 4.79 Å². The predicted octanol–water partition coefficient (Wildman–Crippen LogP) is 5.44. The zero-order valence-corrected chi connectivity index (χ0v) is 19.1. The van der Waals surface area contributed by atoms with Crippen LogP contribution in [0.1, 0.15) is 46.3 Å². The molecule has 2 N–H and O–H groups in total. The number of hydrogen-bond acceptors (Lipinski definition) is 4. The van der Waals surface area contributed by atoms with Gasteiger partial charge in [0.15, 0.2) is 0 Å². The Balaban J connectivity index is 1.58. The zero-order chi connectivity index (χ0) is 22.8. The lowest BCUT2D eigenvalue weighted by atomic mass is 9.75. The second-order valence-corrected chi connectivity index (χ2v) is 8.75. The third-order valence-corrected chi connectivity index (χ3v) is 6.91. The Bertz CT molecular complexity index is 1200. The number of para-hydroxylation sites is 1. The quantitative estimate of drug-likeness (QED) is 0.378. The normalized spacial score (nSPS) is 20.7. The first-order valence-corrected chi connectivity index (χ1v) is 11.6. The second-order valence-electron chi connectivity index (χ2n) is 8.75. The van der Waals surface area contributed by atoms with E-state index in [0.29, 0.717) is 24.6 Å². The molecule has 0 fully saturated rings. The maximum atomic E-state index is 13.1. The molecule has 0 spiro atoms. The number of carbonyl (C=O) groups excluding carboxylic acids is 1. The van der Waals surface area contributed by atoms with Crippen LogP contribution < -0.4 is 15.4 Å². The van der Waals surface area contributed by atoms with Crippen molar-refractivity contribution in [3.05, 3.63) is 83.4 Å². The molecule has 0 radical (unpaired) electrons. The summed E-state index contributed by atoms with van der Waals surface area (Å²) in [6, 6.07) is 18.7. The van der Waals surface area contributed by atoms with E-state index in [0.717, 1.165) is 29.8 Å². The third-order valence-electron chi connectivity index (χ3n) is 6.91. The topological polar surface area (TPSA) is 59.6 Å².